The molecule has 4 amide bonds. The van der Waals surface area contributed by atoms with Gasteiger partial charge in [-0.3, -0.25) is 19.7 Å². The first-order valence-corrected chi connectivity index (χ1v) is 12.0. The van der Waals surface area contributed by atoms with Crippen molar-refractivity contribution in [2.45, 2.75) is 71.4 Å². The SMILES string of the molecule is CC(C)(C)OC(=O)NCc1ccc(COc2cccc3c2CN(C2CCCC(=O)NC2=O)C3=O)cc1. The molecule has 9 heteroatoms. The summed E-state index contributed by atoms with van der Waals surface area (Å²) in [5.41, 5.74) is 2.55. The molecule has 0 aromatic heterocycles. The van der Waals surface area contributed by atoms with Crippen molar-refractivity contribution >= 4 is 23.8 Å². The lowest BCUT2D eigenvalue weighted by Gasteiger charge is -2.24. The molecule has 0 spiro atoms. The van der Waals surface area contributed by atoms with Crippen molar-refractivity contribution in [3.05, 3.63) is 64.7 Å². The van der Waals surface area contributed by atoms with Crippen LogP contribution in [-0.2, 0) is 34.0 Å². The van der Waals surface area contributed by atoms with Gasteiger partial charge < -0.3 is 19.7 Å². The molecule has 2 aliphatic heterocycles. The highest BCUT2D eigenvalue weighted by atomic mass is 16.6. The van der Waals surface area contributed by atoms with Crippen molar-refractivity contribution in [3.8, 4) is 5.75 Å². The zero-order valence-electron chi connectivity index (χ0n) is 20.8. The van der Waals surface area contributed by atoms with Gasteiger partial charge in [-0.1, -0.05) is 30.3 Å². The number of amides is 4. The van der Waals surface area contributed by atoms with Crippen LogP contribution in [0, 0.1) is 0 Å². The Balaban J connectivity index is 1.37. The molecule has 0 radical (unpaired) electrons. The number of rotatable bonds is 6. The summed E-state index contributed by atoms with van der Waals surface area (Å²) < 4.78 is 11.3. The van der Waals surface area contributed by atoms with Gasteiger partial charge in [0, 0.05) is 24.1 Å². The van der Waals surface area contributed by atoms with Crippen LogP contribution in [0.4, 0.5) is 4.79 Å². The van der Waals surface area contributed by atoms with Gasteiger partial charge in [-0.05, 0) is 56.9 Å². The molecule has 9 nitrogen and oxygen atoms in total. The molecule has 2 aromatic rings. The number of imide groups is 1. The van der Waals surface area contributed by atoms with Crippen LogP contribution in [-0.4, -0.2) is 40.4 Å². The predicted octanol–water partition coefficient (Wildman–Crippen LogP) is 3.44. The Morgan fingerprint density at radius 2 is 1.81 bits per heavy atom. The summed E-state index contributed by atoms with van der Waals surface area (Å²) in [4.78, 5) is 50.6. The second kappa shape index (κ2) is 10.4. The summed E-state index contributed by atoms with van der Waals surface area (Å²) in [6.45, 7) is 6.34. The summed E-state index contributed by atoms with van der Waals surface area (Å²) in [6, 6.07) is 12.3. The first kappa shape index (κ1) is 25.2. The minimum Gasteiger partial charge on any atom is -0.489 e. The van der Waals surface area contributed by atoms with Gasteiger partial charge in [0.15, 0.2) is 0 Å². The van der Waals surface area contributed by atoms with Crippen LogP contribution < -0.4 is 15.4 Å². The minimum absolute atomic E-state index is 0.230. The second-order valence-corrected chi connectivity index (χ2v) is 10.00. The fourth-order valence-corrected chi connectivity index (χ4v) is 4.28. The highest BCUT2D eigenvalue weighted by Crippen LogP contribution is 2.34. The third kappa shape index (κ3) is 6.02. The van der Waals surface area contributed by atoms with Gasteiger partial charge in [0.05, 0.1) is 6.54 Å². The molecule has 1 saturated heterocycles. The monoisotopic (exact) mass is 493 g/mol. The van der Waals surface area contributed by atoms with Crippen molar-refractivity contribution in [2.24, 2.45) is 0 Å². The van der Waals surface area contributed by atoms with Gasteiger partial charge in [0.1, 0.15) is 24.0 Å². The van der Waals surface area contributed by atoms with Gasteiger partial charge in [-0.25, -0.2) is 4.79 Å². The van der Waals surface area contributed by atoms with E-state index in [4.69, 9.17) is 9.47 Å². The Labute approximate surface area is 210 Å². The number of hydrogen-bond acceptors (Lipinski definition) is 6. The highest BCUT2D eigenvalue weighted by Gasteiger charge is 2.39. The van der Waals surface area contributed by atoms with E-state index in [9.17, 15) is 19.2 Å². The minimum atomic E-state index is -0.675. The molecular formula is C27H31N3O6. The number of ether oxygens (including phenoxy) is 2. The summed E-state index contributed by atoms with van der Waals surface area (Å²) >= 11 is 0. The number of nitrogens with one attached hydrogen (secondary N) is 2. The molecule has 1 atom stereocenters. The van der Waals surface area contributed by atoms with Gasteiger partial charge >= 0.3 is 6.09 Å². The van der Waals surface area contributed by atoms with E-state index in [1.807, 2.05) is 51.1 Å². The van der Waals surface area contributed by atoms with E-state index in [1.54, 1.807) is 12.1 Å². The van der Waals surface area contributed by atoms with E-state index >= 15 is 0 Å². The Kier molecular flexibility index (Phi) is 7.28. The lowest BCUT2D eigenvalue weighted by molar-refractivity contribution is -0.132. The molecule has 0 saturated carbocycles. The third-order valence-electron chi connectivity index (χ3n) is 6.03. The summed E-state index contributed by atoms with van der Waals surface area (Å²) in [7, 11) is 0. The summed E-state index contributed by atoms with van der Waals surface area (Å²) in [5.74, 6) is -0.374. The number of nitrogens with zero attached hydrogens (tertiary/aromatic N) is 1. The average molecular weight is 494 g/mol. The molecule has 1 fully saturated rings. The van der Waals surface area contributed by atoms with Crippen LogP contribution in [0.25, 0.3) is 0 Å². The Bertz CT molecular complexity index is 1170. The molecule has 2 aromatic carbocycles. The summed E-state index contributed by atoms with van der Waals surface area (Å²) in [6.07, 6.45) is 0.809. The largest absolute Gasteiger partial charge is 0.489 e. The van der Waals surface area contributed by atoms with Gasteiger partial charge in [-0.2, -0.15) is 0 Å². The normalized spacial score (nSPS) is 17.8. The maximum Gasteiger partial charge on any atom is 0.407 e. The molecule has 2 aliphatic rings. The molecular weight excluding hydrogens is 462 g/mol. The highest BCUT2D eigenvalue weighted by molar-refractivity contribution is 6.04. The van der Waals surface area contributed by atoms with Crippen LogP contribution >= 0.6 is 0 Å². The number of carbonyl (C=O) groups excluding carboxylic acids is 4. The van der Waals surface area contributed by atoms with Crippen molar-refractivity contribution in [1.29, 1.82) is 0 Å². The van der Waals surface area contributed by atoms with Crippen LogP contribution in [0.1, 0.15) is 67.1 Å². The smallest absolute Gasteiger partial charge is 0.407 e. The Morgan fingerprint density at radius 1 is 1.08 bits per heavy atom. The van der Waals surface area contributed by atoms with Crippen LogP contribution in [0.2, 0.25) is 0 Å². The predicted molar refractivity (Wildman–Crippen MR) is 131 cm³/mol. The molecule has 0 aliphatic carbocycles. The van der Waals surface area contributed by atoms with Gasteiger partial charge in [-0.15, -0.1) is 0 Å². The van der Waals surface area contributed by atoms with Crippen molar-refractivity contribution in [2.75, 3.05) is 0 Å². The lowest BCUT2D eigenvalue weighted by atomic mass is 10.1. The van der Waals surface area contributed by atoms with E-state index in [2.05, 4.69) is 10.6 Å². The Morgan fingerprint density at radius 3 is 2.53 bits per heavy atom. The standard InChI is InChI=1S/C27H31N3O6/c1-27(2,3)36-26(34)28-14-17-10-12-18(13-11-17)16-35-22-8-4-6-19-20(22)15-30(25(19)33)21-7-5-9-23(31)29-24(21)32/h4,6,8,10-13,21H,5,7,9,14-16H2,1-3H3,(H,28,34)(H,29,31,32). The first-order chi connectivity index (χ1) is 17.1. The number of benzene rings is 2. The van der Waals surface area contributed by atoms with Gasteiger partial charge in [0.2, 0.25) is 11.8 Å². The Hall–Kier alpha value is -3.88. The zero-order chi connectivity index (χ0) is 25.9. The molecule has 2 N–H and O–H groups in total. The topological polar surface area (TPSA) is 114 Å². The quantitative estimate of drug-likeness (QED) is 0.596. The van der Waals surface area contributed by atoms with Crippen LogP contribution in [0.15, 0.2) is 42.5 Å². The van der Waals surface area contributed by atoms with Crippen LogP contribution in [0.3, 0.4) is 0 Å². The second-order valence-electron chi connectivity index (χ2n) is 10.00. The maximum atomic E-state index is 13.1. The number of fused-ring (bicyclic) bond motifs is 1. The van der Waals surface area contributed by atoms with E-state index < -0.39 is 23.6 Å². The third-order valence-corrected chi connectivity index (χ3v) is 6.03. The first-order valence-electron chi connectivity index (χ1n) is 12.0. The maximum absolute atomic E-state index is 13.1. The van der Waals surface area contributed by atoms with E-state index in [0.717, 1.165) is 16.7 Å². The average Bonchev–Trinajstić information content (AvgIpc) is 3.05. The van der Waals surface area contributed by atoms with Crippen LogP contribution in [0.5, 0.6) is 5.75 Å². The van der Waals surface area contributed by atoms with Crippen molar-refractivity contribution in [3.63, 3.8) is 0 Å². The molecule has 0 bridgehead atoms. The number of carbonyl (C=O) groups is 4. The van der Waals surface area contributed by atoms with E-state index in [0.29, 0.717) is 37.3 Å². The van der Waals surface area contributed by atoms with Crippen molar-refractivity contribution in [1.82, 2.24) is 15.5 Å². The molecule has 1 unspecified atom stereocenters. The zero-order valence-corrected chi connectivity index (χ0v) is 20.8. The molecule has 190 valence electrons. The van der Waals surface area contributed by atoms with E-state index in [1.165, 1.54) is 4.90 Å². The molecule has 4 rings (SSSR count). The summed E-state index contributed by atoms with van der Waals surface area (Å²) in [5, 5.41) is 5.10. The molecule has 36 heavy (non-hydrogen) atoms. The van der Waals surface area contributed by atoms with E-state index in [-0.39, 0.29) is 24.8 Å². The lowest BCUT2D eigenvalue weighted by Crippen LogP contribution is -2.46. The molecule has 2 heterocycles. The van der Waals surface area contributed by atoms with Gasteiger partial charge in [0.25, 0.3) is 5.91 Å². The van der Waals surface area contributed by atoms with Crippen molar-refractivity contribution < 1.29 is 28.7 Å². The fraction of sp³-hybridized carbons (Fsp3) is 0.407. The fourth-order valence-electron chi connectivity index (χ4n) is 4.28. The number of hydrogen-bond donors (Lipinski definition) is 2. The number of alkyl carbamates (subject to hydrolysis) is 1.